The first kappa shape index (κ1) is 13.5. The highest BCUT2D eigenvalue weighted by Crippen LogP contribution is 2.18. The first-order valence-corrected chi connectivity index (χ1v) is 5.86. The van der Waals surface area contributed by atoms with Crippen LogP contribution in [-0.4, -0.2) is 17.6 Å². The van der Waals surface area contributed by atoms with Gasteiger partial charge in [0, 0.05) is 24.5 Å². The van der Waals surface area contributed by atoms with Crippen molar-refractivity contribution in [1.29, 1.82) is 0 Å². The molecular formula is C14H13N3O3. The van der Waals surface area contributed by atoms with E-state index >= 15 is 0 Å². The van der Waals surface area contributed by atoms with E-state index in [-0.39, 0.29) is 12.2 Å². The first-order chi connectivity index (χ1) is 9.63. The van der Waals surface area contributed by atoms with Crippen LogP contribution in [0.3, 0.4) is 0 Å². The fraction of sp³-hybridized carbons (Fsp3) is 0.0714. The number of nitrogens with zero attached hydrogens (tertiary/aromatic N) is 2. The maximum atomic E-state index is 12.0. The molecule has 0 unspecified atom stereocenters. The molecular weight excluding hydrogens is 258 g/mol. The Morgan fingerprint density at radius 1 is 1.45 bits per heavy atom. The molecule has 2 amide bonds. The third-order valence-corrected chi connectivity index (χ3v) is 2.62. The number of pyridine rings is 1. The zero-order valence-corrected chi connectivity index (χ0v) is 10.7. The van der Waals surface area contributed by atoms with E-state index in [0.717, 1.165) is 4.90 Å². The third kappa shape index (κ3) is 2.74. The van der Waals surface area contributed by atoms with Crippen molar-refractivity contribution in [1.82, 2.24) is 4.98 Å². The van der Waals surface area contributed by atoms with Crippen molar-refractivity contribution in [3.8, 4) is 11.3 Å². The van der Waals surface area contributed by atoms with Gasteiger partial charge in [-0.15, -0.1) is 6.58 Å². The molecule has 0 atom stereocenters. The molecule has 0 saturated heterocycles. The SMILES string of the molecule is C=CCN(C(N)=O)c1ccc(-c2cccnc2)oc1=O. The Morgan fingerprint density at radius 3 is 2.80 bits per heavy atom. The van der Waals surface area contributed by atoms with E-state index in [1.54, 1.807) is 30.6 Å². The van der Waals surface area contributed by atoms with Crippen molar-refractivity contribution in [3.05, 3.63) is 59.7 Å². The van der Waals surface area contributed by atoms with Crippen molar-refractivity contribution in [2.75, 3.05) is 11.4 Å². The van der Waals surface area contributed by atoms with E-state index in [2.05, 4.69) is 11.6 Å². The van der Waals surface area contributed by atoms with Gasteiger partial charge in [0.15, 0.2) is 0 Å². The Hall–Kier alpha value is -2.89. The van der Waals surface area contributed by atoms with Crippen LogP contribution in [0.4, 0.5) is 10.5 Å². The highest BCUT2D eigenvalue weighted by molar-refractivity contribution is 5.90. The van der Waals surface area contributed by atoms with Gasteiger partial charge in [-0.05, 0) is 24.3 Å². The lowest BCUT2D eigenvalue weighted by Gasteiger charge is -2.16. The summed E-state index contributed by atoms with van der Waals surface area (Å²) in [5, 5.41) is 0. The summed E-state index contributed by atoms with van der Waals surface area (Å²) in [6.07, 6.45) is 4.67. The number of hydrogen-bond acceptors (Lipinski definition) is 4. The number of urea groups is 1. The molecule has 102 valence electrons. The second-order valence-corrected chi connectivity index (χ2v) is 3.95. The molecule has 0 saturated carbocycles. The Balaban J connectivity index is 2.42. The largest absolute Gasteiger partial charge is 0.421 e. The van der Waals surface area contributed by atoms with Crippen molar-refractivity contribution in [2.45, 2.75) is 0 Å². The zero-order valence-electron chi connectivity index (χ0n) is 10.7. The van der Waals surface area contributed by atoms with Crippen molar-refractivity contribution in [3.63, 3.8) is 0 Å². The van der Waals surface area contributed by atoms with E-state index in [1.807, 2.05) is 0 Å². The van der Waals surface area contributed by atoms with Gasteiger partial charge in [-0.25, -0.2) is 9.59 Å². The summed E-state index contributed by atoms with van der Waals surface area (Å²) in [7, 11) is 0. The van der Waals surface area contributed by atoms with Gasteiger partial charge in [0.25, 0.3) is 0 Å². The van der Waals surface area contributed by atoms with E-state index in [0.29, 0.717) is 11.3 Å². The molecule has 0 spiro atoms. The predicted octanol–water partition coefficient (Wildman–Crippen LogP) is 1.77. The van der Waals surface area contributed by atoms with Gasteiger partial charge in [-0.2, -0.15) is 0 Å². The van der Waals surface area contributed by atoms with Crippen LogP contribution in [0.1, 0.15) is 0 Å². The van der Waals surface area contributed by atoms with Gasteiger partial charge in [-0.3, -0.25) is 9.88 Å². The third-order valence-electron chi connectivity index (χ3n) is 2.62. The highest BCUT2D eigenvalue weighted by atomic mass is 16.4. The molecule has 2 aromatic rings. The molecule has 2 rings (SSSR count). The monoisotopic (exact) mass is 271 g/mol. The number of amides is 2. The highest BCUT2D eigenvalue weighted by Gasteiger charge is 2.16. The smallest absolute Gasteiger partial charge is 0.360 e. The predicted molar refractivity (Wildman–Crippen MR) is 75.3 cm³/mol. The molecule has 6 nitrogen and oxygen atoms in total. The van der Waals surface area contributed by atoms with Gasteiger partial charge < -0.3 is 10.2 Å². The van der Waals surface area contributed by atoms with Crippen LogP contribution in [0.25, 0.3) is 11.3 Å². The van der Waals surface area contributed by atoms with Crippen LogP contribution < -0.4 is 16.3 Å². The Bertz CT molecular complexity index is 680. The average molecular weight is 271 g/mol. The maximum Gasteiger partial charge on any atom is 0.360 e. The number of aromatic nitrogens is 1. The van der Waals surface area contributed by atoms with E-state index in [9.17, 15) is 9.59 Å². The maximum absolute atomic E-state index is 12.0. The molecule has 0 aromatic carbocycles. The molecule has 0 bridgehead atoms. The second kappa shape index (κ2) is 5.83. The summed E-state index contributed by atoms with van der Waals surface area (Å²) >= 11 is 0. The number of primary amides is 1. The van der Waals surface area contributed by atoms with Crippen LogP contribution in [0.2, 0.25) is 0 Å². The Kier molecular flexibility index (Phi) is 3.95. The van der Waals surface area contributed by atoms with Crippen LogP contribution in [0, 0.1) is 0 Å². The number of nitrogens with two attached hydrogens (primary N) is 1. The molecule has 20 heavy (non-hydrogen) atoms. The second-order valence-electron chi connectivity index (χ2n) is 3.95. The molecule has 0 fully saturated rings. The van der Waals surface area contributed by atoms with Crippen LogP contribution in [-0.2, 0) is 0 Å². The van der Waals surface area contributed by atoms with E-state index < -0.39 is 11.7 Å². The fourth-order valence-corrected chi connectivity index (χ4v) is 1.71. The number of hydrogen-bond donors (Lipinski definition) is 1. The zero-order chi connectivity index (χ0) is 14.5. The quantitative estimate of drug-likeness (QED) is 0.858. The molecule has 0 aliphatic rings. The Morgan fingerprint density at radius 2 is 2.25 bits per heavy atom. The first-order valence-electron chi connectivity index (χ1n) is 5.86. The van der Waals surface area contributed by atoms with Gasteiger partial charge >= 0.3 is 11.7 Å². The molecule has 0 aliphatic carbocycles. The lowest BCUT2D eigenvalue weighted by molar-refractivity contribution is 0.254. The fourth-order valence-electron chi connectivity index (χ4n) is 1.71. The van der Waals surface area contributed by atoms with Crippen molar-refractivity contribution < 1.29 is 9.21 Å². The number of carbonyl (C=O) groups is 1. The van der Waals surface area contributed by atoms with Crippen LogP contribution in [0.15, 0.2) is 58.5 Å². The lowest BCUT2D eigenvalue weighted by atomic mass is 10.2. The molecule has 2 aromatic heterocycles. The minimum absolute atomic E-state index is 0.0741. The van der Waals surface area contributed by atoms with Crippen molar-refractivity contribution in [2.24, 2.45) is 5.73 Å². The van der Waals surface area contributed by atoms with Gasteiger partial charge in [0.1, 0.15) is 11.4 Å². The van der Waals surface area contributed by atoms with Gasteiger partial charge in [-0.1, -0.05) is 6.08 Å². The molecule has 2 heterocycles. The molecule has 6 heteroatoms. The van der Waals surface area contributed by atoms with Crippen LogP contribution in [0.5, 0.6) is 0 Å². The summed E-state index contributed by atoms with van der Waals surface area (Å²) in [6, 6.07) is 5.83. The molecule has 0 aliphatic heterocycles. The molecule has 0 radical (unpaired) electrons. The minimum atomic E-state index is -0.744. The summed E-state index contributed by atoms with van der Waals surface area (Å²) < 4.78 is 5.19. The van der Waals surface area contributed by atoms with E-state index in [1.165, 1.54) is 12.1 Å². The van der Waals surface area contributed by atoms with Gasteiger partial charge in [0.2, 0.25) is 0 Å². The van der Waals surface area contributed by atoms with E-state index in [4.69, 9.17) is 10.2 Å². The lowest BCUT2D eigenvalue weighted by Crippen LogP contribution is -2.38. The van der Waals surface area contributed by atoms with Crippen molar-refractivity contribution >= 4 is 11.7 Å². The Labute approximate surface area is 115 Å². The number of anilines is 1. The number of rotatable bonds is 4. The summed E-state index contributed by atoms with van der Waals surface area (Å²) in [4.78, 5) is 28.3. The molecule has 2 N–H and O–H groups in total. The van der Waals surface area contributed by atoms with Crippen LogP contribution >= 0.6 is 0 Å². The standard InChI is InChI=1S/C14H13N3O3/c1-2-8-17(14(15)19)11-5-6-12(20-13(11)18)10-4-3-7-16-9-10/h2-7,9H,1,8H2,(H2,15,19). The minimum Gasteiger partial charge on any atom is -0.421 e. The summed E-state index contributed by atoms with van der Waals surface area (Å²) in [6.45, 7) is 3.64. The normalized spacial score (nSPS) is 10.0. The number of carbonyl (C=O) groups excluding carboxylic acids is 1. The summed E-state index contributed by atoms with van der Waals surface area (Å²) in [5.41, 5.74) is 5.32. The summed E-state index contributed by atoms with van der Waals surface area (Å²) in [5.74, 6) is 0.370. The average Bonchev–Trinajstić information content (AvgIpc) is 2.46. The topological polar surface area (TPSA) is 89.4 Å². The van der Waals surface area contributed by atoms with Gasteiger partial charge in [0.05, 0.1) is 0 Å².